The highest BCUT2D eigenvalue weighted by molar-refractivity contribution is 5.88. The first-order valence-corrected chi connectivity index (χ1v) is 9.81. The van der Waals surface area contributed by atoms with E-state index in [-0.39, 0.29) is 17.9 Å². The zero-order valence-electron chi connectivity index (χ0n) is 15.9. The van der Waals surface area contributed by atoms with Gasteiger partial charge in [0.1, 0.15) is 17.3 Å². The standard InChI is InChI=1S/C20H21FN6O2/c1-29-20(28)15-10-2-4-11(5-3-10)16(15)24-14-6-7-22-19(25-14)17-13-8-12(21)9-23-18(13)27-26-17/h6-11,15-16H,2-5H2,1H3,(H,22,24,25)(H,23,26,27)/t10?,11?,15?,16-/m0/s1. The van der Waals surface area contributed by atoms with Crippen LogP contribution in [0.1, 0.15) is 25.7 Å². The van der Waals surface area contributed by atoms with Gasteiger partial charge in [0.15, 0.2) is 11.5 Å². The van der Waals surface area contributed by atoms with Gasteiger partial charge in [0, 0.05) is 12.2 Å². The molecule has 3 saturated carbocycles. The van der Waals surface area contributed by atoms with Crippen molar-refractivity contribution in [1.82, 2.24) is 25.1 Å². The van der Waals surface area contributed by atoms with Crippen molar-refractivity contribution in [3.63, 3.8) is 0 Å². The highest BCUT2D eigenvalue weighted by Gasteiger charge is 2.47. The maximum absolute atomic E-state index is 13.6. The molecule has 2 bridgehead atoms. The Bertz CT molecular complexity index is 1060. The molecule has 8 nitrogen and oxygen atoms in total. The Kier molecular flexibility index (Phi) is 4.37. The molecule has 0 spiro atoms. The molecule has 2 atom stereocenters. The first-order valence-electron chi connectivity index (χ1n) is 9.81. The van der Waals surface area contributed by atoms with Crippen LogP contribution in [0.3, 0.4) is 0 Å². The second-order valence-corrected chi connectivity index (χ2v) is 7.78. The molecule has 3 fully saturated rings. The summed E-state index contributed by atoms with van der Waals surface area (Å²) in [7, 11) is 1.45. The van der Waals surface area contributed by atoms with E-state index in [0.717, 1.165) is 31.9 Å². The largest absolute Gasteiger partial charge is 0.469 e. The minimum atomic E-state index is -0.450. The Morgan fingerprint density at radius 2 is 2.03 bits per heavy atom. The SMILES string of the molecule is COC(=O)C1C2CCC(CC2)[C@@H]1Nc1ccnc(-c2[nH]nc3ncc(F)cc23)n1. The van der Waals surface area contributed by atoms with E-state index in [1.54, 1.807) is 12.3 Å². The van der Waals surface area contributed by atoms with Crippen molar-refractivity contribution in [1.29, 1.82) is 0 Å². The molecule has 3 aliphatic carbocycles. The summed E-state index contributed by atoms with van der Waals surface area (Å²) in [5, 5.41) is 10.9. The molecular weight excluding hydrogens is 375 g/mol. The van der Waals surface area contributed by atoms with E-state index in [4.69, 9.17) is 4.74 Å². The van der Waals surface area contributed by atoms with Crippen LogP contribution in [-0.2, 0) is 9.53 Å². The van der Waals surface area contributed by atoms with Crippen LogP contribution in [0, 0.1) is 23.6 Å². The first kappa shape index (κ1) is 18.0. The van der Waals surface area contributed by atoms with E-state index >= 15 is 0 Å². The van der Waals surface area contributed by atoms with E-state index in [9.17, 15) is 9.18 Å². The molecule has 0 amide bonds. The van der Waals surface area contributed by atoms with Gasteiger partial charge in [0.25, 0.3) is 0 Å². The molecular formula is C20H21FN6O2. The minimum absolute atomic E-state index is 0.0182. The van der Waals surface area contributed by atoms with E-state index in [1.165, 1.54) is 13.2 Å². The number of carbonyl (C=O) groups is 1. The number of anilines is 1. The maximum Gasteiger partial charge on any atom is 0.311 e. The van der Waals surface area contributed by atoms with Crippen LogP contribution >= 0.6 is 0 Å². The van der Waals surface area contributed by atoms with E-state index in [0.29, 0.717) is 40.2 Å². The fourth-order valence-electron chi connectivity index (χ4n) is 4.91. The number of fused-ring (bicyclic) bond motifs is 4. The number of hydrogen-bond acceptors (Lipinski definition) is 7. The summed E-state index contributed by atoms with van der Waals surface area (Å²) < 4.78 is 18.7. The van der Waals surface area contributed by atoms with Crippen LogP contribution in [0.15, 0.2) is 24.5 Å². The van der Waals surface area contributed by atoms with Crippen LogP contribution in [-0.4, -0.2) is 44.3 Å². The number of carbonyl (C=O) groups excluding carboxylic acids is 1. The number of ether oxygens (including phenoxy) is 1. The fraction of sp³-hybridized carbons (Fsp3) is 0.450. The molecule has 3 aromatic heterocycles. The second kappa shape index (κ2) is 7.06. The predicted molar refractivity (Wildman–Crippen MR) is 103 cm³/mol. The Balaban J connectivity index is 1.46. The van der Waals surface area contributed by atoms with Gasteiger partial charge >= 0.3 is 5.97 Å². The van der Waals surface area contributed by atoms with Crippen molar-refractivity contribution in [3.05, 3.63) is 30.3 Å². The molecule has 2 N–H and O–H groups in total. The van der Waals surface area contributed by atoms with Gasteiger partial charge in [-0.3, -0.25) is 9.89 Å². The summed E-state index contributed by atoms with van der Waals surface area (Å²) >= 11 is 0. The van der Waals surface area contributed by atoms with E-state index in [1.807, 2.05) is 0 Å². The summed E-state index contributed by atoms with van der Waals surface area (Å²) in [6.45, 7) is 0. The quantitative estimate of drug-likeness (QED) is 0.653. The van der Waals surface area contributed by atoms with Crippen molar-refractivity contribution < 1.29 is 13.9 Å². The van der Waals surface area contributed by atoms with Crippen LogP contribution in [0.25, 0.3) is 22.6 Å². The lowest BCUT2D eigenvalue weighted by molar-refractivity contribution is -0.152. The highest BCUT2D eigenvalue weighted by atomic mass is 19.1. The molecule has 9 heteroatoms. The Labute approximate surface area is 166 Å². The second-order valence-electron chi connectivity index (χ2n) is 7.78. The molecule has 0 aliphatic heterocycles. The Morgan fingerprint density at radius 1 is 1.24 bits per heavy atom. The Hall–Kier alpha value is -3.10. The van der Waals surface area contributed by atoms with Crippen LogP contribution < -0.4 is 5.32 Å². The van der Waals surface area contributed by atoms with Gasteiger partial charge in [0.05, 0.1) is 24.6 Å². The third-order valence-electron chi connectivity index (χ3n) is 6.26. The molecule has 0 saturated heterocycles. The number of nitrogens with zero attached hydrogens (tertiary/aromatic N) is 4. The smallest absolute Gasteiger partial charge is 0.311 e. The number of halogens is 1. The van der Waals surface area contributed by atoms with Gasteiger partial charge in [-0.05, 0) is 49.7 Å². The number of pyridine rings is 1. The number of aromatic amines is 1. The molecule has 3 aromatic rings. The molecule has 29 heavy (non-hydrogen) atoms. The molecule has 150 valence electrons. The van der Waals surface area contributed by atoms with E-state index in [2.05, 4.69) is 30.5 Å². The first-order chi connectivity index (χ1) is 14.1. The maximum atomic E-state index is 13.6. The topological polar surface area (TPSA) is 106 Å². The lowest BCUT2D eigenvalue weighted by Gasteiger charge is -2.47. The number of methoxy groups -OCH3 is 1. The lowest BCUT2D eigenvalue weighted by Crippen LogP contribution is -2.51. The summed E-state index contributed by atoms with van der Waals surface area (Å²) in [6, 6.07) is 3.12. The number of rotatable bonds is 4. The molecule has 0 aromatic carbocycles. The third-order valence-corrected chi connectivity index (χ3v) is 6.26. The zero-order valence-corrected chi connectivity index (χ0v) is 15.9. The molecule has 3 heterocycles. The molecule has 1 unspecified atom stereocenters. The van der Waals surface area contributed by atoms with Crippen molar-refractivity contribution in [2.24, 2.45) is 17.8 Å². The summed E-state index contributed by atoms with van der Waals surface area (Å²) in [4.78, 5) is 25.3. The van der Waals surface area contributed by atoms with Crippen molar-refractivity contribution in [2.75, 3.05) is 12.4 Å². The van der Waals surface area contributed by atoms with Crippen LogP contribution in [0.5, 0.6) is 0 Å². The number of esters is 1. The number of nitrogens with one attached hydrogen (secondary N) is 2. The average Bonchev–Trinajstić information content (AvgIpc) is 3.17. The predicted octanol–water partition coefficient (Wildman–Crippen LogP) is 2.94. The summed E-state index contributed by atoms with van der Waals surface area (Å²) in [6.07, 6.45) is 7.09. The number of hydrogen-bond donors (Lipinski definition) is 2. The van der Waals surface area contributed by atoms with Crippen molar-refractivity contribution in [3.8, 4) is 11.5 Å². The van der Waals surface area contributed by atoms with Gasteiger partial charge < -0.3 is 10.1 Å². The lowest BCUT2D eigenvalue weighted by atomic mass is 9.61. The molecule has 0 radical (unpaired) electrons. The van der Waals surface area contributed by atoms with Crippen molar-refractivity contribution in [2.45, 2.75) is 31.7 Å². The summed E-state index contributed by atoms with van der Waals surface area (Å²) in [5.74, 6) is 0.984. The molecule has 6 rings (SSSR count). The van der Waals surface area contributed by atoms with E-state index < -0.39 is 5.82 Å². The zero-order chi connectivity index (χ0) is 20.0. The van der Waals surface area contributed by atoms with Crippen molar-refractivity contribution >= 4 is 22.8 Å². The van der Waals surface area contributed by atoms with Gasteiger partial charge in [0.2, 0.25) is 0 Å². The van der Waals surface area contributed by atoms with Gasteiger partial charge in [-0.2, -0.15) is 5.10 Å². The van der Waals surface area contributed by atoms with Gasteiger partial charge in [-0.15, -0.1) is 0 Å². The van der Waals surface area contributed by atoms with Gasteiger partial charge in [-0.1, -0.05) is 0 Å². The number of aromatic nitrogens is 5. The van der Waals surface area contributed by atoms with Crippen LogP contribution in [0.2, 0.25) is 0 Å². The average molecular weight is 396 g/mol. The van der Waals surface area contributed by atoms with Crippen LogP contribution in [0.4, 0.5) is 10.2 Å². The monoisotopic (exact) mass is 396 g/mol. The normalized spacial score (nSPS) is 25.9. The van der Waals surface area contributed by atoms with Gasteiger partial charge in [-0.25, -0.2) is 19.3 Å². The Morgan fingerprint density at radius 3 is 2.83 bits per heavy atom. The fourth-order valence-corrected chi connectivity index (χ4v) is 4.91. The molecule has 3 aliphatic rings. The highest BCUT2D eigenvalue weighted by Crippen LogP contribution is 2.46. The number of H-pyrrole nitrogens is 1. The third kappa shape index (κ3) is 3.10. The summed E-state index contributed by atoms with van der Waals surface area (Å²) in [5.41, 5.74) is 0.907. The minimum Gasteiger partial charge on any atom is -0.469 e.